The van der Waals surface area contributed by atoms with Crippen LogP contribution in [0, 0.1) is 0 Å². The molecule has 4 rings (SSSR count). The van der Waals surface area contributed by atoms with Gasteiger partial charge in [0.15, 0.2) is 5.58 Å². The molecule has 0 bridgehead atoms. The number of hydrogen-bond acceptors (Lipinski definition) is 5. The lowest BCUT2D eigenvalue weighted by Crippen LogP contribution is -3.04. The first kappa shape index (κ1) is 18.3. The Morgan fingerprint density at radius 2 is 1.79 bits per heavy atom. The van der Waals surface area contributed by atoms with E-state index >= 15 is 0 Å². The third-order valence-corrected chi connectivity index (χ3v) is 4.74. The quantitative estimate of drug-likeness (QED) is 0.518. The standard InChI is InChI=1S/C21H16ClNO5/c1-23(2)10-16-17(24)5-4-13-14(9-19(25)28-20(13)16)15-8-11-7-12(22)3-6-18(11)27-21(15)26/h3-9,24H,10H2,1-2H3/p+1. The fourth-order valence-electron chi connectivity index (χ4n) is 3.30. The van der Waals surface area contributed by atoms with Gasteiger partial charge in [-0.3, -0.25) is 0 Å². The number of hydrogen-bond donors (Lipinski definition) is 2. The van der Waals surface area contributed by atoms with Gasteiger partial charge in [0, 0.05) is 27.4 Å². The van der Waals surface area contributed by atoms with E-state index in [0.29, 0.717) is 39.0 Å². The molecule has 142 valence electrons. The Balaban J connectivity index is 2.07. The molecule has 0 saturated heterocycles. The minimum Gasteiger partial charge on any atom is -0.507 e. The van der Waals surface area contributed by atoms with Crippen molar-refractivity contribution in [3.8, 4) is 16.9 Å². The molecule has 0 radical (unpaired) electrons. The monoisotopic (exact) mass is 398 g/mol. The Hall–Kier alpha value is -3.09. The van der Waals surface area contributed by atoms with Gasteiger partial charge < -0.3 is 18.8 Å². The molecular formula is C21H17ClNO5+. The molecule has 0 aliphatic heterocycles. The predicted molar refractivity (Wildman–Crippen MR) is 107 cm³/mol. The topological polar surface area (TPSA) is 85.1 Å². The molecule has 0 unspecified atom stereocenters. The molecule has 0 amide bonds. The van der Waals surface area contributed by atoms with E-state index in [9.17, 15) is 14.7 Å². The largest absolute Gasteiger partial charge is 0.507 e. The van der Waals surface area contributed by atoms with Crippen molar-refractivity contribution in [3.05, 3.63) is 73.9 Å². The maximum atomic E-state index is 12.6. The van der Waals surface area contributed by atoms with Crippen LogP contribution in [-0.2, 0) is 6.54 Å². The van der Waals surface area contributed by atoms with E-state index in [0.717, 1.165) is 4.90 Å². The van der Waals surface area contributed by atoms with Crippen molar-refractivity contribution in [1.82, 2.24) is 0 Å². The fraction of sp³-hybridized carbons (Fsp3) is 0.143. The van der Waals surface area contributed by atoms with Gasteiger partial charge in [0.05, 0.1) is 25.2 Å². The molecule has 0 saturated carbocycles. The number of phenols is 1. The highest BCUT2D eigenvalue weighted by Crippen LogP contribution is 2.33. The summed E-state index contributed by atoms with van der Waals surface area (Å²) in [7, 11) is 3.84. The van der Waals surface area contributed by atoms with E-state index in [4.69, 9.17) is 20.4 Å². The van der Waals surface area contributed by atoms with E-state index < -0.39 is 11.3 Å². The molecule has 0 fully saturated rings. The lowest BCUT2D eigenvalue weighted by atomic mass is 10.00. The van der Waals surface area contributed by atoms with Crippen molar-refractivity contribution in [1.29, 1.82) is 0 Å². The molecule has 2 N–H and O–H groups in total. The van der Waals surface area contributed by atoms with Crippen LogP contribution in [0.5, 0.6) is 5.75 Å². The summed E-state index contributed by atoms with van der Waals surface area (Å²) < 4.78 is 10.8. The molecule has 0 aliphatic carbocycles. The van der Waals surface area contributed by atoms with Crippen LogP contribution in [0.3, 0.4) is 0 Å². The number of benzene rings is 2. The lowest BCUT2D eigenvalue weighted by molar-refractivity contribution is -0.872. The number of nitrogens with one attached hydrogen (secondary N) is 1. The van der Waals surface area contributed by atoms with E-state index in [1.807, 2.05) is 14.1 Å². The Morgan fingerprint density at radius 1 is 1.00 bits per heavy atom. The molecule has 6 nitrogen and oxygen atoms in total. The number of quaternary nitrogens is 1. The van der Waals surface area contributed by atoms with Crippen LogP contribution in [0.1, 0.15) is 5.56 Å². The Bertz CT molecular complexity index is 1340. The van der Waals surface area contributed by atoms with Gasteiger partial charge in [-0.15, -0.1) is 0 Å². The molecule has 0 aliphatic rings. The summed E-state index contributed by atoms with van der Waals surface area (Å²) in [6, 6.07) is 11.0. The average molecular weight is 399 g/mol. The summed E-state index contributed by atoms with van der Waals surface area (Å²) in [6.45, 7) is 0.442. The van der Waals surface area contributed by atoms with Crippen LogP contribution in [0.25, 0.3) is 33.1 Å². The summed E-state index contributed by atoms with van der Waals surface area (Å²) >= 11 is 6.05. The summed E-state index contributed by atoms with van der Waals surface area (Å²) in [6.07, 6.45) is 0. The third-order valence-electron chi connectivity index (χ3n) is 4.51. The second-order valence-corrected chi connectivity index (χ2v) is 7.37. The van der Waals surface area contributed by atoms with Crippen molar-refractivity contribution in [3.63, 3.8) is 0 Å². The number of rotatable bonds is 3. The van der Waals surface area contributed by atoms with E-state index in [-0.39, 0.29) is 16.9 Å². The number of phenolic OH excluding ortho intramolecular Hbond substituents is 1. The van der Waals surface area contributed by atoms with Crippen molar-refractivity contribution < 1.29 is 18.8 Å². The summed E-state index contributed by atoms with van der Waals surface area (Å²) in [5, 5.41) is 12.0. The van der Waals surface area contributed by atoms with Gasteiger partial charge in [-0.25, -0.2) is 9.59 Å². The van der Waals surface area contributed by atoms with Crippen LogP contribution >= 0.6 is 11.6 Å². The van der Waals surface area contributed by atoms with Gasteiger partial charge >= 0.3 is 11.3 Å². The Kier molecular flexibility index (Phi) is 4.45. The van der Waals surface area contributed by atoms with E-state index in [1.54, 1.807) is 30.3 Å². The summed E-state index contributed by atoms with van der Waals surface area (Å²) in [5.41, 5.74) is 0.584. The molecule has 4 aromatic rings. The zero-order chi connectivity index (χ0) is 20.0. The van der Waals surface area contributed by atoms with Crippen molar-refractivity contribution in [2.45, 2.75) is 6.54 Å². The third kappa shape index (κ3) is 3.17. The Morgan fingerprint density at radius 3 is 2.54 bits per heavy atom. The molecule has 2 heterocycles. The van der Waals surface area contributed by atoms with Crippen molar-refractivity contribution >= 4 is 33.5 Å². The van der Waals surface area contributed by atoms with E-state index in [1.165, 1.54) is 12.1 Å². The van der Waals surface area contributed by atoms with Gasteiger partial charge in [0.2, 0.25) is 0 Å². The maximum Gasteiger partial charge on any atom is 0.344 e. The van der Waals surface area contributed by atoms with Gasteiger partial charge in [-0.2, -0.15) is 0 Å². The molecule has 0 atom stereocenters. The van der Waals surface area contributed by atoms with Gasteiger partial charge in [-0.1, -0.05) is 11.6 Å². The zero-order valence-corrected chi connectivity index (χ0v) is 16.0. The zero-order valence-electron chi connectivity index (χ0n) is 15.2. The predicted octanol–water partition coefficient (Wildman–Crippen LogP) is 2.57. The number of halogens is 1. The summed E-state index contributed by atoms with van der Waals surface area (Å²) in [5.74, 6) is 0.0336. The lowest BCUT2D eigenvalue weighted by Gasteiger charge is -2.12. The molecule has 0 spiro atoms. The van der Waals surface area contributed by atoms with Crippen LogP contribution in [0.4, 0.5) is 0 Å². The molecule has 28 heavy (non-hydrogen) atoms. The highest BCUT2D eigenvalue weighted by molar-refractivity contribution is 6.31. The van der Waals surface area contributed by atoms with Crippen LogP contribution in [-0.4, -0.2) is 19.2 Å². The number of fused-ring (bicyclic) bond motifs is 2. The van der Waals surface area contributed by atoms with Crippen molar-refractivity contribution in [2.75, 3.05) is 14.1 Å². The smallest absolute Gasteiger partial charge is 0.344 e. The minimum atomic E-state index is -0.617. The second-order valence-electron chi connectivity index (χ2n) is 6.93. The second kappa shape index (κ2) is 6.82. The van der Waals surface area contributed by atoms with Crippen molar-refractivity contribution in [2.24, 2.45) is 0 Å². The molecular weight excluding hydrogens is 382 g/mol. The van der Waals surface area contributed by atoms with Crippen LogP contribution in [0.15, 0.2) is 60.9 Å². The van der Waals surface area contributed by atoms with Gasteiger partial charge in [0.25, 0.3) is 0 Å². The van der Waals surface area contributed by atoms with Gasteiger partial charge in [-0.05, 0) is 36.4 Å². The Labute approximate surface area is 164 Å². The normalized spacial score (nSPS) is 11.6. The first-order valence-electron chi connectivity index (χ1n) is 8.65. The fourth-order valence-corrected chi connectivity index (χ4v) is 3.48. The first-order chi connectivity index (χ1) is 13.3. The van der Waals surface area contributed by atoms with Gasteiger partial charge in [0.1, 0.15) is 17.9 Å². The highest BCUT2D eigenvalue weighted by Gasteiger charge is 2.19. The molecule has 2 aromatic carbocycles. The molecule has 7 heteroatoms. The number of aromatic hydroxyl groups is 1. The van der Waals surface area contributed by atoms with Crippen LogP contribution in [0.2, 0.25) is 5.02 Å². The summed E-state index contributed by atoms with van der Waals surface area (Å²) in [4.78, 5) is 25.9. The SMILES string of the molecule is C[NH+](C)Cc1c(O)ccc2c(-c3cc4cc(Cl)ccc4oc3=O)cc(=O)oc12. The minimum absolute atomic E-state index is 0.0336. The first-order valence-corrected chi connectivity index (χ1v) is 9.03. The van der Waals surface area contributed by atoms with Crippen LogP contribution < -0.4 is 16.2 Å². The average Bonchev–Trinajstić information content (AvgIpc) is 2.63. The molecule has 2 aromatic heterocycles. The highest BCUT2D eigenvalue weighted by atomic mass is 35.5. The maximum absolute atomic E-state index is 12.6. The van der Waals surface area contributed by atoms with E-state index in [2.05, 4.69) is 0 Å².